The number of rotatable bonds is 4. The molecular formula is C11H15BrN6. The van der Waals surface area contributed by atoms with Crippen molar-refractivity contribution in [3.63, 3.8) is 0 Å². The van der Waals surface area contributed by atoms with Crippen molar-refractivity contribution < 1.29 is 0 Å². The quantitative estimate of drug-likeness (QED) is 0.652. The van der Waals surface area contributed by atoms with Crippen LogP contribution in [0.15, 0.2) is 23.1 Å². The molecule has 0 fully saturated rings. The van der Waals surface area contributed by atoms with Crippen molar-refractivity contribution >= 4 is 15.9 Å². The maximum atomic E-state index is 5.70. The molecule has 96 valence electrons. The Labute approximate surface area is 114 Å². The summed E-state index contributed by atoms with van der Waals surface area (Å²) in [5, 5.41) is 7.96. The first kappa shape index (κ1) is 13.1. The summed E-state index contributed by atoms with van der Waals surface area (Å²) < 4.78 is 2.39. The molecule has 0 radical (unpaired) electrons. The van der Waals surface area contributed by atoms with Gasteiger partial charge in [-0.1, -0.05) is 12.1 Å². The van der Waals surface area contributed by atoms with E-state index < -0.39 is 0 Å². The fraction of sp³-hybridized carbons (Fsp3) is 0.364. The molecule has 2 heterocycles. The molecule has 0 aliphatic carbocycles. The van der Waals surface area contributed by atoms with E-state index in [-0.39, 0.29) is 6.04 Å². The van der Waals surface area contributed by atoms with Gasteiger partial charge in [-0.3, -0.25) is 10.8 Å². The highest BCUT2D eigenvalue weighted by atomic mass is 79.9. The van der Waals surface area contributed by atoms with Crippen LogP contribution in [0.1, 0.15) is 29.8 Å². The van der Waals surface area contributed by atoms with Gasteiger partial charge in [0.1, 0.15) is 0 Å². The monoisotopic (exact) mass is 310 g/mol. The van der Waals surface area contributed by atoms with Gasteiger partial charge >= 0.3 is 0 Å². The van der Waals surface area contributed by atoms with Crippen LogP contribution in [0.2, 0.25) is 0 Å². The summed E-state index contributed by atoms with van der Waals surface area (Å²) in [5.41, 5.74) is 5.94. The van der Waals surface area contributed by atoms with Crippen LogP contribution in [0.25, 0.3) is 0 Å². The number of aryl methyl sites for hydroxylation is 2. The smallest absolute Gasteiger partial charge is 0.153 e. The molecule has 1 atom stereocenters. The second kappa shape index (κ2) is 5.55. The molecule has 0 spiro atoms. The second-order valence-corrected chi connectivity index (χ2v) is 4.67. The first-order chi connectivity index (χ1) is 8.69. The predicted molar refractivity (Wildman–Crippen MR) is 71.5 cm³/mol. The van der Waals surface area contributed by atoms with Crippen molar-refractivity contribution in [1.29, 1.82) is 0 Å². The maximum absolute atomic E-state index is 5.70. The topological polar surface area (TPSA) is 81.7 Å². The van der Waals surface area contributed by atoms with Crippen LogP contribution in [-0.2, 0) is 13.5 Å². The minimum Gasteiger partial charge on any atom is -0.271 e. The fourth-order valence-corrected chi connectivity index (χ4v) is 2.53. The lowest BCUT2D eigenvalue weighted by Crippen LogP contribution is -2.31. The van der Waals surface area contributed by atoms with E-state index in [0.29, 0.717) is 4.60 Å². The minimum absolute atomic E-state index is 0.169. The van der Waals surface area contributed by atoms with Crippen LogP contribution < -0.4 is 11.3 Å². The first-order valence-corrected chi connectivity index (χ1v) is 6.42. The molecule has 0 bridgehead atoms. The zero-order chi connectivity index (χ0) is 13.1. The number of aromatic nitrogens is 4. The maximum Gasteiger partial charge on any atom is 0.153 e. The van der Waals surface area contributed by atoms with Gasteiger partial charge in [-0.05, 0) is 39.5 Å². The van der Waals surface area contributed by atoms with E-state index in [2.05, 4.69) is 43.6 Å². The van der Waals surface area contributed by atoms with Gasteiger partial charge in [0, 0.05) is 19.4 Å². The Morgan fingerprint density at radius 1 is 1.56 bits per heavy atom. The van der Waals surface area contributed by atoms with Gasteiger partial charge in [-0.25, -0.2) is 10.1 Å². The van der Waals surface area contributed by atoms with Crippen LogP contribution >= 0.6 is 15.9 Å². The average Bonchev–Trinajstić information content (AvgIpc) is 2.72. The van der Waals surface area contributed by atoms with Crippen LogP contribution in [-0.4, -0.2) is 20.0 Å². The van der Waals surface area contributed by atoms with Crippen molar-refractivity contribution in [2.24, 2.45) is 12.9 Å². The zero-order valence-electron chi connectivity index (χ0n) is 10.3. The van der Waals surface area contributed by atoms with Crippen molar-refractivity contribution in [2.45, 2.75) is 19.4 Å². The zero-order valence-corrected chi connectivity index (χ0v) is 11.8. The summed E-state index contributed by atoms with van der Waals surface area (Å²) in [5.74, 6) is 5.70. The normalized spacial score (nSPS) is 12.7. The average molecular weight is 311 g/mol. The lowest BCUT2D eigenvalue weighted by atomic mass is 9.99. The van der Waals surface area contributed by atoms with Crippen molar-refractivity contribution in [2.75, 3.05) is 0 Å². The van der Waals surface area contributed by atoms with E-state index in [9.17, 15) is 0 Å². The van der Waals surface area contributed by atoms with E-state index in [1.165, 1.54) is 0 Å². The Bertz CT molecular complexity index is 519. The minimum atomic E-state index is -0.169. The lowest BCUT2D eigenvalue weighted by molar-refractivity contribution is 0.565. The molecule has 0 amide bonds. The van der Waals surface area contributed by atoms with Gasteiger partial charge in [0.25, 0.3) is 0 Å². The summed E-state index contributed by atoms with van der Waals surface area (Å²) in [7, 11) is 1.84. The third kappa shape index (κ3) is 2.29. The van der Waals surface area contributed by atoms with Crippen LogP contribution in [0.4, 0.5) is 0 Å². The highest BCUT2D eigenvalue weighted by molar-refractivity contribution is 9.10. The number of hydrogen-bond donors (Lipinski definition) is 2. The van der Waals surface area contributed by atoms with E-state index in [1.807, 2.05) is 19.3 Å². The third-order valence-electron chi connectivity index (χ3n) is 2.90. The number of nitrogens with one attached hydrogen (secondary N) is 1. The third-order valence-corrected chi connectivity index (χ3v) is 3.46. The van der Waals surface area contributed by atoms with E-state index in [4.69, 9.17) is 5.84 Å². The summed E-state index contributed by atoms with van der Waals surface area (Å²) in [6.07, 6.45) is 4.51. The van der Waals surface area contributed by atoms with Crippen LogP contribution in [0, 0.1) is 0 Å². The molecule has 0 saturated heterocycles. The molecular weight excluding hydrogens is 296 g/mol. The predicted octanol–water partition coefficient (Wildman–Crippen LogP) is 1.09. The fourth-order valence-electron chi connectivity index (χ4n) is 1.98. The molecule has 7 heteroatoms. The van der Waals surface area contributed by atoms with Crippen molar-refractivity contribution in [3.05, 3.63) is 39.9 Å². The largest absolute Gasteiger partial charge is 0.271 e. The van der Waals surface area contributed by atoms with Gasteiger partial charge in [0.05, 0.1) is 11.7 Å². The number of hydrazine groups is 1. The first-order valence-electron chi connectivity index (χ1n) is 5.63. The second-order valence-electron chi connectivity index (χ2n) is 3.92. The Kier molecular flexibility index (Phi) is 4.05. The number of halogens is 1. The Morgan fingerprint density at radius 3 is 2.89 bits per heavy atom. The molecule has 0 saturated carbocycles. The molecule has 6 nitrogen and oxygen atoms in total. The Balaban J connectivity index is 2.52. The molecule has 2 rings (SSSR count). The molecule has 18 heavy (non-hydrogen) atoms. The molecule has 3 N–H and O–H groups in total. The SMILES string of the molecule is CCc1cnccc1C(NN)c1c(Br)nnn1C. The highest BCUT2D eigenvalue weighted by Gasteiger charge is 2.22. The summed E-state index contributed by atoms with van der Waals surface area (Å²) in [6.45, 7) is 2.09. The van der Waals surface area contributed by atoms with E-state index in [0.717, 1.165) is 23.2 Å². The van der Waals surface area contributed by atoms with Gasteiger partial charge < -0.3 is 0 Å². The van der Waals surface area contributed by atoms with E-state index >= 15 is 0 Å². The van der Waals surface area contributed by atoms with Gasteiger partial charge in [0.15, 0.2) is 4.60 Å². The number of nitrogens with zero attached hydrogens (tertiary/aromatic N) is 4. The highest BCUT2D eigenvalue weighted by Crippen LogP contribution is 2.27. The molecule has 1 unspecified atom stereocenters. The summed E-state index contributed by atoms with van der Waals surface area (Å²) in [4.78, 5) is 4.14. The van der Waals surface area contributed by atoms with Gasteiger partial charge in [-0.15, -0.1) is 5.10 Å². The van der Waals surface area contributed by atoms with Gasteiger partial charge in [-0.2, -0.15) is 0 Å². The number of pyridine rings is 1. The Hall–Kier alpha value is -1.31. The molecule has 2 aromatic rings. The van der Waals surface area contributed by atoms with E-state index in [1.54, 1.807) is 10.9 Å². The number of nitrogens with two attached hydrogens (primary N) is 1. The van der Waals surface area contributed by atoms with Gasteiger partial charge in [0.2, 0.25) is 0 Å². The molecule has 0 aromatic carbocycles. The Morgan fingerprint density at radius 2 is 2.33 bits per heavy atom. The lowest BCUT2D eigenvalue weighted by Gasteiger charge is -2.19. The van der Waals surface area contributed by atoms with Crippen molar-refractivity contribution in [1.82, 2.24) is 25.4 Å². The number of hydrogen-bond acceptors (Lipinski definition) is 5. The molecule has 0 aliphatic heterocycles. The van der Waals surface area contributed by atoms with Crippen molar-refractivity contribution in [3.8, 4) is 0 Å². The van der Waals surface area contributed by atoms with Crippen LogP contribution in [0.5, 0.6) is 0 Å². The molecule has 0 aliphatic rings. The summed E-state index contributed by atoms with van der Waals surface area (Å²) >= 11 is 3.40. The molecule has 2 aromatic heterocycles. The summed E-state index contributed by atoms with van der Waals surface area (Å²) in [6, 6.07) is 1.79. The standard InChI is InChI=1S/C11H15BrN6/c1-3-7-6-14-5-4-8(7)9(15-13)10-11(12)16-17-18(10)2/h4-6,9,15H,3,13H2,1-2H3. The van der Waals surface area contributed by atoms with Crippen LogP contribution in [0.3, 0.4) is 0 Å².